The summed E-state index contributed by atoms with van der Waals surface area (Å²) in [5, 5.41) is 3.50. The van der Waals surface area contributed by atoms with Crippen molar-refractivity contribution in [1.29, 1.82) is 0 Å². The summed E-state index contributed by atoms with van der Waals surface area (Å²) in [6.07, 6.45) is 2.29. The first kappa shape index (κ1) is 12.0. The number of hydrogen-bond acceptors (Lipinski definition) is 2. The Labute approximate surface area is 119 Å². The van der Waals surface area contributed by atoms with Crippen LogP contribution in [0, 0.1) is 6.92 Å². The van der Waals surface area contributed by atoms with Gasteiger partial charge >= 0.3 is 0 Å². The second kappa shape index (κ2) is 4.35. The molecular formula is C18H19NO. The van der Waals surface area contributed by atoms with Gasteiger partial charge in [0.2, 0.25) is 0 Å². The minimum absolute atomic E-state index is 0.126. The Kier molecular flexibility index (Phi) is 2.61. The van der Waals surface area contributed by atoms with Gasteiger partial charge in [-0.3, -0.25) is 0 Å². The van der Waals surface area contributed by atoms with Gasteiger partial charge in [-0.2, -0.15) is 0 Å². The minimum atomic E-state index is 0.126. The number of para-hydroxylation sites is 1. The zero-order chi connectivity index (χ0) is 13.6. The quantitative estimate of drug-likeness (QED) is 0.783. The fourth-order valence-corrected chi connectivity index (χ4v) is 3.92. The number of nitrogens with one attached hydrogen (secondary N) is 1. The summed E-state index contributed by atoms with van der Waals surface area (Å²) in [6.45, 7) is 4.35. The molecule has 2 heteroatoms. The summed E-state index contributed by atoms with van der Waals surface area (Å²) in [6, 6.07) is 15.0. The molecule has 2 aromatic carbocycles. The third kappa shape index (κ3) is 1.55. The number of ether oxygens (including phenoxy) is 1. The van der Waals surface area contributed by atoms with Crippen molar-refractivity contribution in [1.82, 2.24) is 5.32 Å². The molecule has 0 aromatic heterocycles. The van der Waals surface area contributed by atoms with E-state index in [4.69, 9.17) is 4.74 Å². The van der Waals surface area contributed by atoms with Crippen LogP contribution in [-0.2, 0) is 5.41 Å². The molecule has 0 bridgehead atoms. The first-order chi connectivity index (χ1) is 9.81. The summed E-state index contributed by atoms with van der Waals surface area (Å²) in [4.78, 5) is 0. The molecule has 1 saturated heterocycles. The fraction of sp³-hybridized carbons (Fsp3) is 0.333. The van der Waals surface area contributed by atoms with Crippen LogP contribution in [0.25, 0.3) is 0 Å². The summed E-state index contributed by atoms with van der Waals surface area (Å²) < 4.78 is 6.17. The second-order valence-corrected chi connectivity index (χ2v) is 5.88. The fourth-order valence-electron chi connectivity index (χ4n) is 3.92. The van der Waals surface area contributed by atoms with Crippen LogP contribution in [0.1, 0.15) is 29.5 Å². The lowest BCUT2D eigenvalue weighted by atomic mass is 9.65. The molecule has 0 radical (unpaired) electrons. The molecule has 1 N–H and O–H groups in total. The number of hydrogen-bond donors (Lipinski definition) is 1. The molecule has 2 heterocycles. The average Bonchev–Trinajstić information content (AvgIpc) is 2.48. The number of benzene rings is 2. The highest BCUT2D eigenvalue weighted by Crippen LogP contribution is 2.53. The topological polar surface area (TPSA) is 21.3 Å². The van der Waals surface area contributed by atoms with Crippen molar-refractivity contribution in [3.8, 4) is 11.5 Å². The molecule has 20 heavy (non-hydrogen) atoms. The predicted molar refractivity (Wildman–Crippen MR) is 80.6 cm³/mol. The van der Waals surface area contributed by atoms with Gasteiger partial charge in [0.25, 0.3) is 0 Å². The normalized spacial score (nSPS) is 19.1. The van der Waals surface area contributed by atoms with Gasteiger partial charge in [0, 0.05) is 16.5 Å². The zero-order valence-electron chi connectivity index (χ0n) is 11.8. The summed E-state index contributed by atoms with van der Waals surface area (Å²) in [5.41, 5.74) is 4.24. The van der Waals surface area contributed by atoms with Crippen LogP contribution >= 0.6 is 0 Å². The highest BCUT2D eigenvalue weighted by molar-refractivity contribution is 5.60. The van der Waals surface area contributed by atoms with Gasteiger partial charge in [0.15, 0.2) is 0 Å². The van der Waals surface area contributed by atoms with Crippen molar-refractivity contribution in [3.63, 3.8) is 0 Å². The van der Waals surface area contributed by atoms with Crippen molar-refractivity contribution in [3.05, 3.63) is 59.2 Å². The van der Waals surface area contributed by atoms with Gasteiger partial charge in [0.1, 0.15) is 11.5 Å². The Morgan fingerprint density at radius 1 is 0.950 bits per heavy atom. The maximum Gasteiger partial charge on any atom is 0.131 e. The van der Waals surface area contributed by atoms with E-state index in [1.807, 2.05) is 0 Å². The van der Waals surface area contributed by atoms with Crippen LogP contribution < -0.4 is 10.1 Å². The van der Waals surface area contributed by atoms with E-state index in [1.54, 1.807) is 0 Å². The molecule has 0 aliphatic carbocycles. The van der Waals surface area contributed by atoms with Crippen molar-refractivity contribution < 1.29 is 4.74 Å². The van der Waals surface area contributed by atoms with Crippen LogP contribution in [-0.4, -0.2) is 13.1 Å². The van der Waals surface area contributed by atoms with E-state index in [2.05, 4.69) is 54.7 Å². The molecule has 1 spiro atoms. The standard InChI is InChI=1S/C18H19NO/c1-13-5-4-8-16-17(13)18(9-11-19-12-10-18)14-6-2-3-7-15(14)20-16/h2-8,19H,9-12H2,1H3. The van der Waals surface area contributed by atoms with E-state index in [9.17, 15) is 0 Å². The van der Waals surface area contributed by atoms with Crippen molar-refractivity contribution in [2.75, 3.05) is 13.1 Å². The molecule has 102 valence electrons. The van der Waals surface area contributed by atoms with Gasteiger partial charge in [0.05, 0.1) is 0 Å². The van der Waals surface area contributed by atoms with Crippen LogP contribution in [0.15, 0.2) is 42.5 Å². The Balaban J connectivity index is 2.01. The maximum absolute atomic E-state index is 6.17. The van der Waals surface area contributed by atoms with E-state index >= 15 is 0 Å². The molecule has 0 saturated carbocycles. The number of rotatable bonds is 0. The zero-order valence-corrected chi connectivity index (χ0v) is 11.8. The van der Waals surface area contributed by atoms with E-state index in [0.717, 1.165) is 37.4 Å². The molecule has 2 aromatic rings. The van der Waals surface area contributed by atoms with Crippen LogP contribution in [0.4, 0.5) is 0 Å². The molecule has 0 unspecified atom stereocenters. The van der Waals surface area contributed by atoms with Crippen molar-refractivity contribution in [2.45, 2.75) is 25.2 Å². The third-order valence-corrected chi connectivity index (χ3v) is 4.79. The van der Waals surface area contributed by atoms with Gasteiger partial charge in [-0.15, -0.1) is 0 Å². The first-order valence-corrected chi connectivity index (χ1v) is 7.39. The summed E-state index contributed by atoms with van der Waals surface area (Å²) in [7, 11) is 0. The highest BCUT2D eigenvalue weighted by atomic mass is 16.5. The van der Waals surface area contributed by atoms with Crippen LogP contribution in [0.3, 0.4) is 0 Å². The lowest BCUT2D eigenvalue weighted by Gasteiger charge is -2.44. The first-order valence-electron chi connectivity index (χ1n) is 7.39. The van der Waals surface area contributed by atoms with Crippen molar-refractivity contribution >= 4 is 0 Å². The largest absolute Gasteiger partial charge is 0.457 e. The molecule has 2 nitrogen and oxygen atoms in total. The Morgan fingerprint density at radius 3 is 2.55 bits per heavy atom. The number of piperidine rings is 1. The molecule has 0 atom stereocenters. The smallest absolute Gasteiger partial charge is 0.131 e. The highest BCUT2D eigenvalue weighted by Gasteiger charge is 2.43. The molecule has 0 amide bonds. The van der Waals surface area contributed by atoms with Crippen LogP contribution in [0.2, 0.25) is 0 Å². The Hall–Kier alpha value is -1.80. The van der Waals surface area contributed by atoms with Gasteiger partial charge < -0.3 is 10.1 Å². The van der Waals surface area contributed by atoms with E-state index < -0.39 is 0 Å². The number of fused-ring (bicyclic) bond motifs is 4. The van der Waals surface area contributed by atoms with E-state index in [1.165, 1.54) is 16.7 Å². The molecule has 2 aliphatic rings. The SMILES string of the molecule is Cc1cccc2c1C1(CCNCC1)c1ccccc1O2. The Morgan fingerprint density at radius 2 is 1.70 bits per heavy atom. The second-order valence-electron chi connectivity index (χ2n) is 5.88. The van der Waals surface area contributed by atoms with E-state index in [0.29, 0.717) is 0 Å². The lowest BCUT2D eigenvalue weighted by molar-refractivity contribution is 0.316. The average molecular weight is 265 g/mol. The summed E-state index contributed by atoms with van der Waals surface area (Å²) in [5.74, 6) is 2.08. The van der Waals surface area contributed by atoms with Crippen molar-refractivity contribution in [2.24, 2.45) is 0 Å². The molecule has 2 aliphatic heterocycles. The van der Waals surface area contributed by atoms with E-state index in [-0.39, 0.29) is 5.41 Å². The molecule has 1 fully saturated rings. The van der Waals surface area contributed by atoms with Gasteiger partial charge in [-0.1, -0.05) is 30.3 Å². The third-order valence-electron chi connectivity index (χ3n) is 4.79. The van der Waals surface area contributed by atoms with Gasteiger partial charge in [-0.05, 0) is 50.6 Å². The lowest BCUT2D eigenvalue weighted by Crippen LogP contribution is -2.42. The minimum Gasteiger partial charge on any atom is -0.457 e. The molecule has 4 rings (SSSR count). The predicted octanol–water partition coefficient (Wildman–Crippen LogP) is 3.77. The molecular weight excluding hydrogens is 246 g/mol. The maximum atomic E-state index is 6.17. The summed E-state index contributed by atoms with van der Waals surface area (Å²) >= 11 is 0. The monoisotopic (exact) mass is 265 g/mol. The van der Waals surface area contributed by atoms with Crippen LogP contribution in [0.5, 0.6) is 11.5 Å². The Bertz CT molecular complexity index is 656. The van der Waals surface area contributed by atoms with Gasteiger partial charge in [-0.25, -0.2) is 0 Å². The number of aryl methyl sites for hydroxylation is 1.